The van der Waals surface area contributed by atoms with E-state index in [1.54, 1.807) is 12.1 Å². The van der Waals surface area contributed by atoms with E-state index in [0.717, 1.165) is 5.56 Å². The first kappa shape index (κ1) is 10.1. The SMILES string of the molecule is O=CONCc1ccc([N+](=O)[O-])cc1. The number of benzene rings is 1. The highest BCUT2D eigenvalue weighted by molar-refractivity contribution is 5.36. The van der Waals surface area contributed by atoms with Crippen molar-refractivity contribution in [3.8, 4) is 0 Å². The van der Waals surface area contributed by atoms with Gasteiger partial charge in [-0.15, -0.1) is 5.48 Å². The van der Waals surface area contributed by atoms with Gasteiger partial charge in [-0.2, -0.15) is 0 Å². The van der Waals surface area contributed by atoms with E-state index in [1.165, 1.54) is 12.1 Å². The van der Waals surface area contributed by atoms with Gasteiger partial charge in [0.1, 0.15) is 0 Å². The summed E-state index contributed by atoms with van der Waals surface area (Å²) in [5.41, 5.74) is 3.18. The van der Waals surface area contributed by atoms with Crippen LogP contribution >= 0.6 is 0 Å². The van der Waals surface area contributed by atoms with Gasteiger partial charge in [0.05, 0.1) is 11.5 Å². The smallest absolute Gasteiger partial charge is 0.312 e. The molecule has 0 bridgehead atoms. The zero-order valence-corrected chi connectivity index (χ0v) is 7.17. The van der Waals surface area contributed by atoms with E-state index in [-0.39, 0.29) is 12.2 Å². The summed E-state index contributed by atoms with van der Waals surface area (Å²) >= 11 is 0. The van der Waals surface area contributed by atoms with Gasteiger partial charge in [0.15, 0.2) is 0 Å². The lowest BCUT2D eigenvalue weighted by Crippen LogP contribution is -2.12. The number of non-ortho nitro benzene ring substituents is 1. The van der Waals surface area contributed by atoms with Crippen LogP contribution in [-0.2, 0) is 16.2 Å². The van der Waals surface area contributed by atoms with Crippen molar-refractivity contribution in [1.82, 2.24) is 5.48 Å². The molecule has 1 rings (SSSR count). The lowest BCUT2D eigenvalue weighted by molar-refractivity contribution is -0.384. The van der Waals surface area contributed by atoms with Crippen molar-refractivity contribution in [2.45, 2.75) is 6.54 Å². The molecule has 1 aromatic carbocycles. The number of carbonyl (C=O) groups is 1. The molecule has 6 nitrogen and oxygen atoms in total. The normalized spacial score (nSPS) is 9.43. The minimum Gasteiger partial charge on any atom is -0.373 e. The largest absolute Gasteiger partial charge is 0.373 e. The highest BCUT2D eigenvalue weighted by Crippen LogP contribution is 2.11. The highest BCUT2D eigenvalue weighted by atomic mass is 16.7. The number of hydrogen-bond acceptors (Lipinski definition) is 5. The Bertz CT molecular complexity index is 323. The molecule has 0 saturated heterocycles. The van der Waals surface area contributed by atoms with E-state index in [4.69, 9.17) is 0 Å². The molecule has 0 saturated carbocycles. The van der Waals surface area contributed by atoms with E-state index in [9.17, 15) is 14.9 Å². The summed E-state index contributed by atoms with van der Waals surface area (Å²) in [4.78, 5) is 23.8. The third-order valence-corrected chi connectivity index (χ3v) is 1.55. The molecule has 0 fully saturated rings. The fourth-order valence-corrected chi connectivity index (χ4v) is 0.895. The minimum atomic E-state index is -0.473. The second-order valence-electron chi connectivity index (χ2n) is 2.46. The summed E-state index contributed by atoms with van der Waals surface area (Å²) in [6.07, 6.45) is 0. The molecule has 0 aliphatic heterocycles. The van der Waals surface area contributed by atoms with Crippen LogP contribution in [0.1, 0.15) is 5.56 Å². The average Bonchev–Trinajstić information content (AvgIpc) is 2.19. The molecule has 0 aliphatic carbocycles. The second kappa shape index (κ2) is 4.93. The van der Waals surface area contributed by atoms with Gasteiger partial charge in [0, 0.05) is 12.1 Å². The molecule has 74 valence electrons. The van der Waals surface area contributed by atoms with Gasteiger partial charge in [-0.25, -0.2) is 0 Å². The zero-order valence-electron chi connectivity index (χ0n) is 7.17. The van der Waals surface area contributed by atoms with Gasteiger partial charge in [-0.3, -0.25) is 14.9 Å². The van der Waals surface area contributed by atoms with Crippen molar-refractivity contribution in [3.63, 3.8) is 0 Å². The first-order valence-electron chi connectivity index (χ1n) is 3.79. The molecule has 1 aromatic rings. The fourth-order valence-electron chi connectivity index (χ4n) is 0.895. The zero-order chi connectivity index (χ0) is 10.4. The summed E-state index contributed by atoms with van der Waals surface area (Å²) in [6, 6.07) is 5.94. The first-order chi connectivity index (χ1) is 6.74. The Balaban J connectivity index is 2.55. The van der Waals surface area contributed by atoms with Crippen LogP contribution in [0.2, 0.25) is 0 Å². The average molecular weight is 196 g/mol. The third-order valence-electron chi connectivity index (χ3n) is 1.55. The summed E-state index contributed by atoms with van der Waals surface area (Å²) < 4.78 is 0. The lowest BCUT2D eigenvalue weighted by Gasteiger charge is -2.00. The van der Waals surface area contributed by atoms with Crippen molar-refractivity contribution >= 4 is 12.2 Å². The molecule has 0 heterocycles. The quantitative estimate of drug-likeness (QED) is 0.325. The van der Waals surface area contributed by atoms with E-state index in [0.29, 0.717) is 6.54 Å². The van der Waals surface area contributed by atoms with Gasteiger partial charge >= 0.3 is 6.47 Å². The Labute approximate surface area is 79.6 Å². The molecule has 0 radical (unpaired) electrons. The maximum absolute atomic E-state index is 10.3. The molecular weight excluding hydrogens is 188 g/mol. The van der Waals surface area contributed by atoms with E-state index >= 15 is 0 Å². The first-order valence-corrected chi connectivity index (χ1v) is 3.79. The molecule has 0 unspecified atom stereocenters. The molecule has 0 spiro atoms. The minimum absolute atomic E-state index is 0.0325. The molecule has 0 aromatic heterocycles. The number of rotatable bonds is 5. The topological polar surface area (TPSA) is 81.5 Å². The lowest BCUT2D eigenvalue weighted by atomic mass is 10.2. The van der Waals surface area contributed by atoms with Gasteiger partial charge in [0.2, 0.25) is 0 Å². The molecular formula is C8H8N2O4. The van der Waals surface area contributed by atoms with Crippen molar-refractivity contribution in [2.24, 2.45) is 0 Å². The van der Waals surface area contributed by atoms with Crippen molar-refractivity contribution in [3.05, 3.63) is 39.9 Å². The Morgan fingerprint density at radius 2 is 2.07 bits per heavy atom. The number of carbonyl (C=O) groups excluding carboxylic acids is 1. The predicted molar refractivity (Wildman–Crippen MR) is 47.1 cm³/mol. The second-order valence-corrected chi connectivity index (χ2v) is 2.46. The number of hydrogen-bond donors (Lipinski definition) is 1. The fraction of sp³-hybridized carbons (Fsp3) is 0.125. The van der Waals surface area contributed by atoms with E-state index in [1.807, 2.05) is 0 Å². The summed E-state index contributed by atoms with van der Waals surface area (Å²) in [7, 11) is 0. The van der Waals surface area contributed by atoms with Crippen LogP contribution in [-0.4, -0.2) is 11.4 Å². The molecule has 14 heavy (non-hydrogen) atoms. The van der Waals surface area contributed by atoms with Crippen LogP contribution in [0.3, 0.4) is 0 Å². The van der Waals surface area contributed by atoms with Crippen LogP contribution in [0, 0.1) is 10.1 Å². The van der Waals surface area contributed by atoms with Crippen LogP contribution < -0.4 is 5.48 Å². The number of nitro benzene ring substituents is 1. The Morgan fingerprint density at radius 3 is 2.57 bits per heavy atom. The maximum atomic E-state index is 10.3. The summed E-state index contributed by atoms with van der Waals surface area (Å²) in [6.45, 7) is 0.585. The van der Waals surface area contributed by atoms with Gasteiger partial charge in [-0.05, 0) is 5.56 Å². The number of hydroxylamine groups is 1. The Hall–Kier alpha value is -1.95. The van der Waals surface area contributed by atoms with E-state index in [2.05, 4.69) is 10.3 Å². The van der Waals surface area contributed by atoms with Gasteiger partial charge in [-0.1, -0.05) is 12.1 Å². The van der Waals surface area contributed by atoms with Crippen LogP contribution in [0.15, 0.2) is 24.3 Å². The van der Waals surface area contributed by atoms with Gasteiger partial charge in [0.25, 0.3) is 5.69 Å². The maximum Gasteiger partial charge on any atom is 0.312 e. The molecule has 0 amide bonds. The van der Waals surface area contributed by atoms with Crippen LogP contribution in [0.5, 0.6) is 0 Å². The molecule has 6 heteroatoms. The molecule has 0 aliphatic rings. The number of nitro groups is 1. The number of nitrogens with zero attached hydrogens (tertiary/aromatic N) is 1. The predicted octanol–water partition coefficient (Wildman–Crippen LogP) is 0.772. The number of nitrogens with one attached hydrogen (secondary N) is 1. The Morgan fingerprint density at radius 1 is 1.43 bits per heavy atom. The van der Waals surface area contributed by atoms with Crippen LogP contribution in [0.25, 0.3) is 0 Å². The van der Waals surface area contributed by atoms with E-state index < -0.39 is 4.92 Å². The summed E-state index contributed by atoms with van der Waals surface area (Å²) in [5.74, 6) is 0. The summed E-state index contributed by atoms with van der Waals surface area (Å²) in [5, 5.41) is 10.3. The van der Waals surface area contributed by atoms with Crippen LogP contribution in [0.4, 0.5) is 5.69 Å². The van der Waals surface area contributed by atoms with Crippen molar-refractivity contribution in [1.29, 1.82) is 0 Å². The molecule has 0 atom stereocenters. The highest BCUT2D eigenvalue weighted by Gasteiger charge is 2.03. The standard InChI is InChI=1S/C8H8N2O4/c11-6-14-9-5-7-1-3-8(4-2-7)10(12)13/h1-4,6,9H,5H2. The third kappa shape index (κ3) is 2.83. The van der Waals surface area contributed by atoms with Crippen molar-refractivity contribution in [2.75, 3.05) is 0 Å². The van der Waals surface area contributed by atoms with Crippen molar-refractivity contribution < 1.29 is 14.6 Å². The van der Waals surface area contributed by atoms with Gasteiger partial charge < -0.3 is 4.84 Å². The Kier molecular flexibility index (Phi) is 3.57. The molecule has 1 N–H and O–H groups in total. The monoisotopic (exact) mass is 196 g/mol.